The van der Waals surface area contributed by atoms with Crippen molar-refractivity contribution in [2.45, 2.75) is 296 Å². The summed E-state index contributed by atoms with van der Waals surface area (Å²) in [4.78, 5) is 87.8. The van der Waals surface area contributed by atoms with Crippen molar-refractivity contribution in [2.24, 2.45) is 107 Å². The summed E-state index contributed by atoms with van der Waals surface area (Å²) in [5, 5.41) is 73.0. The number of carboxylic acids is 2. The zero-order valence-corrected chi connectivity index (χ0v) is 72.7. The van der Waals surface area contributed by atoms with Crippen LogP contribution in [-0.4, -0.2) is 130 Å². The summed E-state index contributed by atoms with van der Waals surface area (Å²) in [6.07, 6.45) is 10.3. The number of rotatable bonds is 28. The van der Waals surface area contributed by atoms with Gasteiger partial charge in [-0.1, -0.05) is 96.9 Å². The van der Waals surface area contributed by atoms with E-state index in [1.807, 2.05) is 30.2 Å². The van der Waals surface area contributed by atoms with Gasteiger partial charge in [-0.2, -0.15) is 0 Å². The van der Waals surface area contributed by atoms with Crippen LogP contribution in [0.15, 0.2) is 58.8 Å². The first kappa shape index (κ1) is 86.9. The van der Waals surface area contributed by atoms with Crippen molar-refractivity contribution in [1.29, 1.82) is 0 Å². The first-order chi connectivity index (χ1) is 54.4. The number of aliphatic carboxylic acids is 2. The van der Waals surface area contributed by atoms with Crippen molar-refractivity contribution in [3.8, 4) is 22.9 Å². The summed E-state index contributed by atoms with van der Waals surface area (Å²) in [5.74, 6) is -2.19. The molecule has 0 aliphatic heterocycles. The number of fused-ring (bicyclic) bond motifs is 12. The van der Waals surface area contributed by atoms with Gasteiger partial charge in [0.25, 0.3) is 0 Å². The van der Waals surface area contributed by atoms with E-state index in [2.05, 4.69) is 116 Å². The maximum atomic E-state index is 16.6. The van der Waals surface area contributed by atoms with Gasteiger partial charge in [0.1, 0.15) is 41.7 Å². The summed E-state index contributed by atoms with van der Waals surface area (Å²) in [6.45, 7) is 38.1. The fourth-order valence-electron chi connectivity index (χ4n) is 27.0. The van der Waals surface area contributed by atoms with Crippen molar-refractivity contribution < 1.29 is 67.4 Å². The Morgan fingerprint density at radius 2 is 1.17 bits per heavy atom. The molecule has 0 radical (unpaired) electrons. The number of carbonyl (C=O) groups excluding carboxylic acids is 4. The molecule has 0 spiro atoms. The van der Waals surface area contributed by atoms with Crippen LogP contribution < -0.4 is 10.6 Å². The molecule has 1 aromatic carbocycles. The highest BCUT2D eigenvalue weighted by atomic mass is 19.1. The fraction of sp³-hybridized carbons (Fsp3) is 0.731. The lowest BCUT2D eigenvalue weighted by Crippen LogP contribution is -2.66. The Labute approximate surface area is 685 Å². The Bertz CT molecular complexity index is 4550. The van der Waals surface area contributed by atoms with E-state index in [-0.39, 0.29) is 128 Å². The topological polar surface area (TPSA) is 300 Å². The molecule has 116 heavy (non-hydrogen) atoms. The van der Waals surface area contributed by atoms with Crippen LogP contribution in [0.25, 0.3) is 22.9 Å². The Morgan fingerprint density at radius 3 is 1.70 bits per heavy atom. The minimum atomic E-state index is -1.81. The van der Waals surface area contributed by atoms with Gasteiger partial charge < -0.3 is 49.7 Å². The minimum Gasteiger partial charge on any atom is -0.481 e. The van der Waals surface area contributed by atoms with Gasteiger partial charge in [0.05, 0.1) is 29.9 Å². The number of hydrogen-bond donors (Lipinski definition) is 6. The number of benzene rings is 1. The fourth-order valence-corrected chi connectivity index (χ4v) is 27.0. The molecule has 19 atom stereocenters. The summed E-state index contributed by atoms with van der Waals surface area (Å²) in [5.41, 5.74) is -1.81. The van der Waals surface area contributed by atoms with Crippen LogP contribution in [-0.2, 0) is 57.8 Å². The number of Topliss-reactive ketones (excluding diaryl/α,β-unsaturated/α-hetero) is 2. The zero-order chi connectivity index (χ0) is 84.5. The van der Waals surface area contributed by atoms with Crippen molar-refractivity contribution in [3.05, 3.63) is 87.7 Å². The predicted octanol–water partition coefficient (Wildman–Crippen LogP) is 16.8. The van der Waals surface area contributed by atoms with E-state index in [4.69, 9.17) is 19.7 Å². The van der Waals surface area contributed by atoms with Crippen LogP contribution in [0.4, 0.5) is 8.78 Å². The standard InChI is InChI=1S/C93H133F2N9O12/c1-20-58(30-33-86(12)54(6)29-35-90(16)66(86)27-23-59-73-71(52(2)3)64(106)48-93(73,39-37-88(59,90)14)76(110)80-102-100-78(104(80)44-42-97-19)62-26-22-57(94)51-98-62)115-70(108)50-85(11,82(113)114)46-56-45-55(21-25-61(56)95)77-99-101-79(103(77)43-41-96-18)75(109)92-40-38-89(15)60(74(92)72(53(4)5)63(105)47-92)24-28-67-87(13)34-32-68(116-69(107)49-83(7,8)81(111)112)84(9,10)65(87)31-36-91(67,89)17/h21-22,25-26,45,51-54,58-60,65-68,75-76,96-97,109-110H,20,23-24,27-44,46-50H2,1-19H3,(H,111,112)(H,113,114)/t54-,58-,59-,60-,65+,66-,67-,68+,75?,76+,85?,86+,87+,88-,89-,90-,91-,92-,93-/m1/s1. The second-order valence-electron chi connectivity index (χ2n) is 41.3. The number of esters is 2. The van der Waals surface area contributed by atoms with Gasteiger partial charge in [-0.3, -0.25) is 28.8 Å². The third kappa shape index (κ3) is 13.8. The Kier molecular flexibility index (Phi) is 23.4. The van der Waals surface area contributed by atoms with E-state index in [1.165, 1.54) is 19.1 Å². The molecular formula is C93H133F2N9O12. The summed E-state index contributed by atoms with van der Waals surface area (Å²) in [6, 6.07) is 7.35. The second-order valence-corrected chi connectivity index (χ2v) is 41.3. The molecule has 3 heterocycles. The highest BCUT2D eigenvalue weighted by molar-refractivity contribution is 6.01. The number of aliphatic hydroxyl groups excluding tert-OH is 2. The van der Waals surface area contributed by atoms with Gasteiger partial charge in [0.2, 0.25) is 0 Å². The van der Waals surface area contributed by atoms with Gasteiger partial charge in [0, 0.05) is 60.8 Å². The van der Waals surface area contributed by atoms with Crippen molar-refractivity contribution in [2.75, 3.05) is 27.2 Å². The number of pyridine rings is 1. The maximum absolute atomic E-state index is 16.6. The number of carboxylic acid groups (broad SMARTS) is 2. The van der Waals surface area contributed by atoms with E-state index >= 15 is 4.39 Å². The van der Waals surface area contributed by atoms with E-state index < -0.39 is 81.9 Å². The van der Waals surface area contributed by atoms with Crippen LogP contribution in [0.3, 0.4) is 0 Å². The van der Waals surface area contributed by atoms with Gasteiger partial charge in [-0.25, -0.2) is 13.8 Å². The number of ketones is 2. The average Bonchev–Trinajstić information content (AvgIpc) is 1.26. The number of ether oxygens (including phenoxy) is 2. The molecule has 0 bridgehead atoms. The number of allylic oxidation sites excluding steroid dienone is 2. The SMILES string of the molecule is CC[C@H](CC[C@@]1(C)[C@H](C)CC[C@]2(C)[C@@H]1CC[C@@H]1C3=C(C(C)C)C(=O)C[C@]3([C@@H](O)c3nnc(-c4ccc(F)cn4)n3CCNC)CC[C@]12C)OC(=O)CC(C)(Cc1cc(-c2nnc(C(O)[C@@]34CC[C@]5(C)[C@H](CC[C@@H]6[C@@]7(C)CC[C@H](OC(=O)CC(C)(C)C(=O)O)C(C)(C)[C@@H]7CC[C@]65C)C3=C(C(C)C)C(=O)C4)n2CCNC)ccc1F)C(=O)O. The number of likely N-dealkylation sites (N-methyl/N-ethyl adjacent to an activating group) is 2. The number of carbonyl (C=O) groups is 6. The molecule has 3 aromatic heterocycles. The molecule has 9 aliphatic carbocycles. The van der Waals surface area contributed by atoms with Gasteiger partial charge in [0.15, 0.2) is 34.9 Å². The first-order valence-corrected chi connectivity index (χ1v) is 43.7. The third-order valence-electron chi connectivity index (χ3n) is 34.0. The minimum absolute atomic E-state index is 0.00208. The van der Waals surface area contributed by atoms with Crippen molar-refractivity contribution in [3.63, 3.8) is 0 Å². The van der Waals surface area contributed by atoms with E-state index in [0.717, 1.165) is 106 Å². The lowest BCUT2D eigenvalue weighted by Gasteiger charge is -2.72. The smallest absolute Gasteiger partial charge is 0.310 e. The molecule has 0 amide bonds. The van der Waals surface area contributed by atoms with E-state index in [1.54, 1.807) is 32.0 Å². The summed E-state index contributed by atoms with van der Waals surface area (Å²) in [7, 11) is 3.67. The molecule has 21 nitrogen and oxygen atoms in total. The predicted molar refractivity (Wildman–Crippen MR) is 437 cm³/mol. The molecule has 2 unspecified atom stereocenters. The molecule has 6 N–H and O–H groups in total. The highest BCUT2D eigenvalue weighted by Crippen LogP contribution is 2.79. The van der Waals surface area contributed by atoms with Gasteiger partial charge in [-0.15, -0.1) is 20.4 Å². The van der Waals surface area contributed by atoms with Crippen LogP contribution in [0, 0.1) is 119 Å². The van der Waals surface area contributed by atoms with Crippen molar-refractivity contribution >= 4 is 35.4 Å². The van der Waals surface area contributed by atoms with Crippen LogP contribution in [0.2, 0.25) is 0 Å². The molecule has 13 rings (SSSR count). The van der Waals surface area contributed by atoms with Gasteiger partial charge in [-0.05, 0) is 288 Å². The molecular weight excluding hydrogens is 1470 g/mol. The maximum Gasteiger partial charge on any atom is 0.310 e. The number of halogens is 2. The van der Waals surface area contributed by atoms with Crippen LogP contribution in [0.5, 0.6) is 0 Å². The molecule has 0 saturated heterocycles. The lowest BCUT2D eigenvalue weighted by atomic mass is 9.33. The number of nitrogens with one attached hydrogen (secondary N) is 2. The number of aromatic nitrogens is 7. The largest absolute Gasteiger partial charge is 0.481 e. The Hall–Kier alpha value is -6.95. The molecule has 7 fully saturated rings. The normalized spacial score (nSPS) is 34.1. The molecule has 7 saturated carbocycles. The van der Waals surface area contributed by atoms with Crippen LogP contribution in [0.1, 0.15) is 282 Å². The van der Waals surface area contributed by atoms with Crippen LogP contribution >= 0.6 is 0 Å². The first-order valence-electron chi connectivity index (χ1n) is 43.7. The third-order valence-corrected chi connectivity index (χ3v) is 34.0. The Morgan fingerprint density at radius 1 is 0.629 bits per heavy atom. The van der Waals surface area contributed by atoms with Crippen molar-refractivity contribution in [1.82, 2.24) is 45.1 Å². The Balaban J connectivity index is 0.709. The summed E-state index contributed by atoms with van der Waals surface area (Å²) >= 11 is 0. The quantitative estimate of drug-likeness (QED) is 0.0288. The molecule has 23 heteroatoms. The molecule has 4 aromatic rings. The number of hydrogen-bond acceptors (Lipinski definition) is 17. The molecule has 636 valence electrons. The lowest BCUT2D eigenvalue weighted by molar-refractivity contribution is -0.235. The number of nitrogens with zero attached hydrogens (tertiary/aromatic N) is 7. The monoisotopic (exact) mass is 1610 g/mol. The zero-order valence-electron chi connectivity index (χ0n) is 72.7. The second kappa shape index (κ2) is 31.3. The summed E-state index contributed by atoms with van der Waals surface area (Å²) < 4.78 is 47.2. The molecule has 9 aliphatic rings. The van der Waals surface area contributed by atoms with E-state index in [0.29, 0.717) is 98.8 Å². The highest BCUT2D eigenvalue weighted by Gasteiger charge is 2.73. The number of aliphatic hydroxyl groups is 2. The average molecular weight is 1610 g/mol. The van der Waals surface area contributed by atoms with Gasteiger partial charge >= 0.3 is 23.9 Å². The van der Waals surface area contributed by atoms with E-state index in [9.17, 15) is 53.6 Å².